The van der Waals surface area contributed by atoms with E-state index in [-0.39, 0.29) is 5.91 Å². The topological polar surface area (TPSA) is 41.6 Å². The summed E-state index contributed by atoms with van der Waals surface area (Å²) in [5, 5.41) is 3.84. The van der Waals surface area contributed by atoms with E-state index in [1.165, 1.54) is 25.8 Å². The van der Waals surface area contributed by atoms with Gasteiger partial charge in [-0.15, -0.1) is 0 Å². The van der Waals surface area contributed by atoms with Crippen molar-refractivity contribution in [3.63, 3.8) is 0 Å². The lowest BCUT2D eigenvalue weighted by molar-refractivity contribution is -0.121. The second-order valence-corrected chi connectivity index (χ2v) is 9.44. The molecule has 1 aliphatic heterocycles. The van der Waals surface area contributed by atoms with Gasteiger partial charge in [0.15, 0.2) is 0 Å². The minimum absolute atomic E-state index is 0.0695. The molecule has 0 bridgehead atoms. The molecule has 1 heterocycles. The number of hydrogen-bond donors (Lipinski definition) is 1. The fraction of sp³-hybridized carbons (Fsp3) is 0.500. The smallest absolute Gasteiger partial charge is 0.235 e. The van der Waals surface area contributed by atoms with Crippen LogP contribution in [0.15, 0.2) is 48.5 Å². The standard InChI is InChI=1S/C26H33ClN2O2/c1-20-6-2-5-17-29(20)18-19-31-24-13-11-23(12-14-24)28-25(30)26(15-3-4-16-26)21-7-9-22(27)10-8-21/h7-14,20H,2-6,15-19H2,1H3,(H,28,30). The number of nitrogens with zero attached hydrogens (tertiary/aromatic N) is 1. The van der Waals surface area contributed by atoms with Crippen molar-refractivity contribution in [2.24, 2.45) is 0 Å². The van der Waals surface area contributed by atoms with E-state index in [4.69, 9.17) is 16.3 Å². The van der Waals surface area contributed by atoms with Gasteiger partial charge in [-0.1, -0.05) is 43.0 Å². The molecule has 4 nitrogen and oxygen atoms in total. The molecule has 1 saturated carbocycles. The van der Waals surface area contributed by atoms with Crippen molar-refractivity contribution in [1.82, 2.24) is 4.90 Å². The molecule has 2 fully saturated rings. The number of rotatable bonds is 7. The number of anilines is 1. The lowest BCUT2D eigenvalue weighted by Gasteiger charge is -2.33. The maximum atomic E-state index is 13.3. The molecule has 1 atom stereocenters. The molecule has 1 amide bonds. The molecule has 0 spiro atoms. The summed E-state index contributed by atoms with van der Waals surface area (Å²) in [6.07, 6.45) is 7.79. The average Bonchev–Trinajstić information content (AvgIpc) is 3.28. The van der Waals surface area contributed by atoms with Crippen LogP contribution in [-0.2, 0) is 10.2 Å². The number of hydrogen-bond acceptors (Lipinski definition) is 3. The van der Waals surface area contributed by atoms with Gasteiger partial charge in [-0.2, -0.15) is 0 Å². The van der Waals surface area contributed by atoms with E-state index < -0.39 is 5.41 Å². The summed E-state index contributed by atoms with van der Waals surface area (Å²) in [6.45, 7) is 5.13. The number of ether oxygens (including phenoxy) is 1. The van der Waals surface area contributed by atoms with Crippen molar-refractivity contribution in [3.05, 3.63) is 59.1 Å². The highest BCUT2D eigenvalue weighted by atomic mass is 35.5. The number of piperidine rings is 1. The number of nitrogens with one attached hydrogen (secondary N) is 1. The molecule has 0 aromatic heterocycles. The van der Waals surface area contributed by atoms with Crippen LogP contribution in [0.2, 0.25) is 5.02 Å². The molecule has 166 valence electrons. The first-order valence-corrected chi connectivity index (χ1v) is 12.0. The lowest BCUT2D eigenvalue weighted by atomic mass is 9.78. The molecule has 1 unspecified atom stereocenters. The van der Waals surface area contributed by atoms with Crippen molar-refractivity contribution in [3.8, 4) is 5.75 Å². The highest BCUT2D eigenvalue weighted by molar-refractivity contribution is 6.30. The Labute approximate surface area is 190 Å². The number of amides is 1. The third-order valence-corrected chi connectivity index (χ3v) is 7.24. The Hall–Kier alpha value is -2.04. The second-order valence-electron chi connectivity index (χ2n) is 9.00. The largest absolute Gasteiger partial charge is 0.492 e. The normalized spacial score (nSPS) is 21.0. The minimum atomic E-state index is -0.467. The number of likely N-dealkylation sites (tertiary alicyclic amines) is 1. The maximum absolute atomic E-state index is 13.3. The van der Waals surface area contributed by atoms with Crippen molar-refractivity contribution < 1.29 is 9.53 Å². The first kappa shape index (κ1) is 22.2. The molecule has 4 rings (SSSR count). The molecule has 2 aromatic carbocycles. The fourth-order valence-electron chi connectivity index (χ4n) is 5.05. The summed E-state index contributed by atoms with van der Waals surface area (Å²) >= 11 is 6.06. The molecule has 2 aromatic rings. The van der Waals surface area contributed by atoms with Gasteiger partial charge in [-0.25, -0.2) is 0 Å². The molecular weight excluding hydrogens is 408 g/mol. The molecule has 1 saturated heterocycles. The zero-order chi connectivity index (χ0) is 21.7. The molecule has 31 heavy (non-hydrogen) atoms. The fourth-order valence-corrected chi connectivity index (χ4v) is 5.18. The molecule has 1 N–H and O–H groups in total. The van der Waals surface area contributed by atoms with Crippen molar-refractivity contribution in [1.29, 1.82) is 0 Å². The summed E-state index contributed by atoms with van der Waals surface area (Å²) < 4.78 is 5.95. The van der Waals surface area contributed by atoms with E-state index in [9.17, 15) is 4.79 Å². The molecule has 1 aliphatic carbocycles. The van der Waals surface area contributed by atoms with Gasteiger partial charge in [0.1, 0.15) is 12.4 Å². The van der Waals surface area contributed by atoms with E-state index in [0.29, 0.717) is 17.7 Å². The van der Waals surface area contributed by atoms with Crippen LogP contribution in [0.3, 0.4) is 0 Å². The van der Waals surface area contributed by atoms with Gasteiger partial charge in [-0.3, -0.25) is 9.69 Å². The molecule has 2 aliphatic rings. The maximum Gasteiger partial charge on any atom is 0.235 e. The summed E-state index contributed by atoms with van der Waals surface area (Å²) in [5.74, 6) is 0.913. The Balaban J connectivity index is 1.34. The predicted octanol–water partition coefficient (Wildman–Crippen LogP) is 6.04. The second kappa shape index (κ2) is 10.1. The lowest BCUT2D eigenvalue weighted by Crippen LogP contribution is -2.39. The van der Waals surface area contributed by atoms with Crippen molar-refractivity contribution >= 4 is 23.2 Å². The van der Waals surface area contributed by atoms with Crippen LogP contribution in [0, 0.1) is 0 Å². The number of carbonyl (C=O) groups is 1. The van der Waals surface area contributed by atoms with Gasteiger partial charge in [0.25, 0.3) is 0 Å². The van der Waals surface area contributed by atoms with E-state index in [2.05, 4.69) is 17.1 Å². The van der Waals surface area contributed by atoms with Gasteiger partial charge in [-0.05, 0) is 81.1 Å². The van der Waals surface area contributed by atoms with Gasteiger partial charge < -0.3 is 10.1 Å². The van der Waals surface area contributed by atoms with Gasteiger partial charge in [0, 0.05) is 23.3 Å². The summed E-state index contributed by atoms with van der Waals surface area (Å²) in [5.41, 5.74) is 1.39. The Bertz CT molecular complexity index is 860. The summed E-state index contributed by atoms with van der Waals surface area (Å²) in [7, 11) is 0. The Morgan fingerprint density at radius 1 is 1.06 bits per heavy atom. The number of carbonyl (C=O) groups excluding carboxylic acids is 1. The van der Waals surface area contributed by atoms with Crippen LogP contribution >= 0.6 is 11.6 Å². The summed E-state index contributed by atoms with van der Waals surface area (Å²) in [4.78, 5) is 15.8. The third-order valence-electron chi connectivity index (χ3n) is 6.99. The Morgan fingerprint density at radius 3 is 2.45 bits per heavy atom. The summed E-state index contributed by atoms with van der Waals surface area (Å²) in [6, 6.07) is 16.1. The molecular formula is C26H33ClN2O2. The third kappa shape index (κ3) is 5.24. The zero-order valence-electron chi connectivity index (χ0n) is 18.4. The van der Waals surface area contributed by atoms with Crippen LogP contribution in [0.5, 0.6) is 5.75 Å². The highest BCUT2D eigenvalue weighted by Gasteiger charge is 2.42. The quantitative estimate of drug-likeness (QED) is 0.570. The monoisotopic (exact) mass is 440 g/mol. The van der Waals surface area contributed by atoms with Gasteiger partial charge in [0.05, 0.1) is 5.41 Å². The van der Waals surface area contributed by atoms with Gasteiger partial charge in [0.2, 0.25) is 5.91 Å². The van der Waals surface area contributed by atoms with Crippen LogP contribution in [0.25, 0.3) is 0 Å². The van der Waals surface area contributed by atoms with E-state index in [1.54, 1.807) is 0 Å². The zero-order valence-corrected chi connectivity index (χ0v) is 19.2. The van der Waals surface area contributed by atoms with Crippen LogP contribution < -0.4 is 10.1 Å². The number of halogens is 1. The number of benzene rings is 2. The minimum Gasteiger partial charge on any atom is -0.492 e. The van der Waals surface area contributed by atoms with Crippen LogP contribution in [-0.4, -0.2) is 36.5 Å². The van der Waals surface area contributed by atoms with Crippen molar-refractivity contribution in [2.45, 2.75) is 63.3 Å². The Morgan fingerprint density at radius 2 is 1.77 bits per heavy atom. The van der Waals surface area contributed by atoms with E-state index >= 15 is 0 Å². The van der Waals surface area contributed by atoms with Crippen LogP contribution in [0.4, 0.5) is 5.69 Å². The SMILES string of the molecule is CC1CCCCN1CCOc1ccc(NC(=O)C2(c3ccc(Cl)cc3)CCCC2)cc1. The Kier molecular flexibility index (Phi) is 7.19. The predicted molar refractivity (Wildman–Crippen MR) is 127 cm³/mol. The van der Waals surface area contributed by atoms with E-state index in [0.717, 1.165) is 49.2 Å². The van der Waals surface area contributed by atoms with Gasteiger partial charge >= 0.3 is 0 Å². The van der Waals surface area contributed by atoms with E-state index in [1.807, 2.05) is 48.5 Å². The molecule has 5 heteroatoms. The molecule has 0 radical (unpaired) electrons. The first-order valence-electron chi connectivity index (χ1n) is 11.6. The van der Waals surface area contributed by atoms with Crippen molar-refractivity contribution in [2.75, 3.05) is 25.0 Å². The average molecular weight is 441 g/mol. The highest BCUT2D eigenvalue weighted by Crippen LogP contribution is 2.42. The first-order chi connectivity index (χ1) is 15.1. The van der Waals surface area contributed by atoms with Crippen LogP contribution in [0.1, 0.15) is 57.4 Å².